The van der Waals surface area contributed by atoms with Crippen LogP contribution in [0.15, 0.2) is 0 Å². The van der Waals surface area contributed by atoms with Gasteiger partial charge in [0.25, 0.3) is 0 Å². The van der Waals surface area contributed by atoms with Crippen LogP contribution in [0.25, 0.3) is 0 Å². The lowest BCUT2D eigenvalue weighted by molar-refractivity contribution is -0.180. The Kier molecular flexibility index (Phi) is 9.73. The van der Waals surface area contributed by atoms with Gasteiger partial charge < -0.3 is 34.0 Å². The number of fused-ring (bicyclic) bond motifs is 5. The van der Waals surface area contributed by atoms with E-state index in [-0.39, 0.29) is 76.5 Å². The molecule has 0 aromatic carbocycles. The molecule has 7 rings (SSSR count). The average Bonchev–Trinajstić information content (AvgIpc) is 3.25. The van der Waals surface area contributed by atoms with E-state index >= 15 is 0 Å². The molecule has 10 heteroatoms. The van der Waals surface area contributed by atoms with E-state index in [1.54, 1.807) is 21.6 Å². The van der Waals surface area contributed by atoms with Crippen molar-refractivity contribution in [3.8, 4) is 0 Å². The molecular formula is C40H65N3O7. The molecule has 10 nitrogen and oxygen atoms in total. The molecule has 3 aliphatic heterocycles. The fourth-order valence-corrected chi connectivity index (χ4v) is 13.1. The summed E-state index contributed by atoms with van der Waals surface area (Å²) in [6.45, 7) is 19.0. The number of aliphatic hydroxyl groups excluding tert-OH is 1. The number of rotatable bonds is 4. The van der Waals surface area contributed by atoms with Crippen LogP contribution in [0.1, 0.15) is 113 Å². The van der Waals surface area contributed by atoms with Gasteiger partial charge in [-0.25, -0.2) is 9.59 Å². The van der Waals surface area contributed by atoms with E-state index in [0.29, 0.717) is 43.9 Å². The van der Waals surface area contributed by atoms with Crippen LogP contribution in [0.3, 0.4) is 0 Å². The van der Waals surface area contributed by atoms with Crippen molar-refractivity contribution in [1.82, 2.24) is 14.7 Å². The summed E-state index contributed by atoms with van der Waals surface area (Å²) in [5.74, 6) is 1.92. The van der Waals surface area contributed by atoms with Gasteiger partial charge in [-0.15, -0.1) is 0 Å². The minimum atomic E-state index is -0.528. The number of piperazine rings is 1. The first-order valence-corrected chi connectivity index (χ1v) is 20.2. The van der Waals surface area contributed by atoms with E-state index in [4.69, 9.17) is 14.2 Å². The number of amides is 3. The number of aliphatic hydroxyl groups is 1. The molecular weight excluding hydrogens is 634 g/mol. The van der Waals surface area contributed by atoms with Gasteiger partial charge in [-0.2, -0.15) is 0 Å². The van der Waals surface area contributed by atoms with Crippen molar-refractivity contribution in [2.24, 2.45) is 51.8 Å². The van der Waals surface area contributed by atoms with E-state index in [1.807, 2.05) is 0 Å². The minimum absolute atomic E-state index is 0.00385. The Balaban J connectivity index is 1.05. The van der Waals surface area contributed by atoms with Crippen LogP contribution in [-0.2, 0) is 19.0 Å². The van der Waals surface area contributed by atoms with Gasteiger partial charge in [0.05, 0.1) is 18.3 Å². The number of likely N-dealkylation sites (tertiary alicyclic amines) is 1. The highest BCUT2D eigenvalue weighted by atomic mass is 16.6. The van der Waals surface area contributed by atoms with Crippen LogP contribution in [-0.4, -0.2) is 108 Å². The van der Waals surface area contributed by atoms with E-state index < -0.39 is 6.10 Å². The van der Waals surface area contributed by atoms with E-state index in [9.17, 15) is 19.5 Å². The van der Waals surface area contributed by atoms with Crippen molar-refractivity contribution in [1.29, 1.82) is 0 Å². The third-order valence-electron chi connectivity index (χ3n) is 15.5. The monoisotopic (exact) mass is 699 g/mol. The third kappa shape index (κ3) is 6.04. The lowest BCUT2D eigenvalue weighted by atomic mass is 9.44. The maximum absolute atomic E-state index is 13.4. The molecule has 4 saturated carbocycles. The predicted octanol–water partition coefficient (Wildman–Crippen LogP) is 6.34. The molecule has 4 aliphatic carbocycles. The number of carbonyl (C=O) groups is 3. The van der Waals surface area contributed by atoms with E-state index in [2.05, 4.69) is 41.5 Å². The van der Waals surface area contributed by atoms with Crippen molar-refractivity contribution >= 4 is 18.1 Å². The molecule has 3 saturated heterocycles. The van der Waals surface area contributed by atoms with Crippen LogP contribution in [0.2, 0.25) is 0 Å². The lowest BCUT2D eigenvalue weighted by Crippen LogP contribution is -2.58. The number of ether oxygens (including phenoxy) is 3. The second kappa shape index (κ2) is 13.4. The Bertz CT molecular complexity index is 1300. The maximum Gasteiger partial charge on any atom is 0.410 e. The highest BCUT2D eigenvalue weighted by Crippen LogP contribution is 2.69. The lowest BCUT2D eigenvalue weighted by Gasteiger charge is -2.62. The molecule has 1 spiro atoms. The summed E-state index contributed by atoms with van der Waals surface area (Å²) >= 11 is 0. The zero-order valence-electron chi connectivity index (χ0n) is 31.9. The molecule has 0 aromatic heterocycles. The summed E-state index contributed by atoms with van der Waals surface area (Å²) in [6.07, 6.45) is 8.68. The number of nitrogens with zero attached hydrogens (tertiary/aromatic N) is 3. The number of hydrogen-bond donors (Lipinski definition) is 1. The van der Waals surface area contributed by atoms with E-state index in [0.717, 1.165) is 70.9 Å². The zero-order valence-corrected chi connectivity index (χ0v) is 31.9. The largest absolute Gasteiger partial charge is 0.446 e. The molecule has 1 N–H and O–H groups in total. The molecule has 12 unspecified atom stereocenters. The molecule has 7 aliphatic rings. The summed E-state index contributed by atoms with van der Waals surface area (Å²) in [7, 11) is 0. The molecule has 12 atom stereocenters. The highest BCUT2D eigenvalue weighted by molar-refractivity contribution is 5.74. The summed E-state index contributed by atoms with van der Waals surface area (Å²) in [5.41, 5.74) is 0.0546. The SMILES string of the molecule is CC(=O)N1CCN(C(=O)OC2CCC34CCCC5(C)C(C(CCC3C2(C)C)C4)C(O)C2OC(C(OC(=O)N3CCC3)C(C)C)CC(C)C25)CC1. The maximum atomic E-state index is 13.4. The van der Waals surface area contributed by atoms with Crippen LogP contribution in [0, 0.1) is 51.8 Å². The van der Waals surface area contributed by atoms with E-state index in [1.165, 1.54) is 6.42 Å². The van der Waals surface area contributed by atoms with Gasteiger partial charge in [0.2, 0.25) is 5.91 Å². The molecule has 7 fully saturated rings. The fraction of sp³-hybridized carbons (Fsp3) is 0.925. The van der Waals surface area contributed by atoms with Gasteiger partial charge in [0.1, 0.15) is 12.2 Å². The third-order valence-corrected chi connectivity index (χ3v) is 15.5. The Morgan fingerprint density at radius 1 is 0.840 bits per heavy atom. The van der Waals surface area contributed by atoms with Gasteiger partial charge in [-0.3, -0.25) is 4.79 Å². The second-order valence-corrected chi connectivity index (χ2v) is 18.9. The summed E-state index contributed by atoms with van der Waals surface area (Å²) in [6, 6.07) is 0. The summed E-state index contributed by atoms with van der Waals surface area (Å²) in [5, 5.41) is 12.4. The molecule has 2 bridgehead atoms. The molecule has 0 aromatic rings. The van der Waals surface area contributed by atoms with Crippen molar-refractivity contribution in [3.63, 3.8) is 0 Å². The average molecular weight is 700 g/mol. The van der Waals surface area contributed by atoms with Crippen molar-refractivity contribution < 1.29 is 33.7 Å². The van der Waals surface area contributed by atoms with Crippen molar-refractivity contribution in [3.05, 3.63) is 0 Å². The number of hydrogen-bond acceptors (Lipinski definition) is 7. The summed E-state index contributed by atoms with van der Waals surface area (Å²) in [4.78, 5) is 43.4. The highest BCUT2D eigenvalue weighted by Gasteiger charge is 2.67. The molecule has 3 amide bonds. The smallest absolute Gasteiger partial charge is 0.410 e. The topological polar surface area (TPSA) is 109 Å². The van der Waals surface area contributed by atoms with Crippen LogP contribution < -0.4 is 0 Å². The fourth-order valence-electron chi connectivity index (χ4n) is 13.1. The zero-order chi connectivity index (χ0) is 35.7. The Morgan fingerprint density at radius 2 is 1.52 bits per heavy atom. The van der Waals surface area contributed by atoms with Crippen molar-refractivity contribution in [2.75, 3.05) is 39.3 Å². The second-order valence-electron chi connectivity index (χ2n) is 18.9. The standard InChI is InChI=1S/C40H65N3O7/c1-24(2)34(50-37(47)42-16-9-17-42)28-22-25(3)31-35(48-28)33(45)32-27-10-11-29-38(5,6)30(12-15-40(29,23-27)14-8-13-39(31,32)7)49-36(46)43-20-18-41(19-21-43)26(4)44/h24-25,27-35,45H,8-23H2,1-7H3. The first-order chi connectivity index (χ1) is 23.7. The van der Waals surface area contributed by atoms with Crippen molar-refractivity contribution in [2.45, 2.75) is 143 Å². The van der Waals surface area contributed by atoms with Crippen LogP contribution >= 0.6 is 0 Å². The molecule has 3 heterocycles. The first-order valence-electron chi connectivity index (χ1n) is 20.2. The first kappa shape index (κ1) is 36.3. The molecule has 282 valence electrons. The quantitative estimate of drug-likeness (QED) is 0.365. The summed E-state index contributed by atoms with van der Waals surface area (Å²) < 4.78 is 19.4. The van der Waals surface area contributed by atoms with Gasteiger partial charge >= 0.3 is 12.2 Å². The van der Waals surface area contributed by atoms with Gasteiger partial charge in [-0.1, -0.05) is 48.0 Å². The van der Waals surface area contributed by atoms with Gasteiger partial charge in [0.15, 0.2) is 0 Å². The van der Waals surface area contributed by atoms with Crippen LogP contribution in [0.4, 0.5) is 9.59 Å². The van der Waals surface area contributed by atoms with Gasteiger partial charge in [0, 0.05) is 51.6 Å². The van der Waals surface area contributed by atoms with Crippen LogP contribution in [0.5, 0.6) is 0 Å². The predicted molar refractivity (Wildman–Crippen MR) is 189 cm³/mol. The Morgan fingerprint density at radius 3 is 2.16 bits per heavy atom. The Labute approximate surface area is 300 Å². The molecule has 0 radical (unpaired) electrons. The normalized spacial score (nSPS) is 43.0. The minimum Gasteiger partial charge on any atom is -0.446 e. The number of carbonyl (C=O) groups excluding carboxylic acids is 3. The Hall–Kier alpha value is -2.07. The van der Waals surface area contributed by atoms with Gasteiger partial charge in [-0.05, 0) is 104 Å². The molecule has 50 heavy (non-hydrogen) atoms.